The van der Waals surface area contributed by atoms with Gasteiger partial charge in [0, 0.05) is 22.0 Å². The highest BCUT2D eigenvalue weighted by Crippen LogP contribution is 2.27. The third-order valence-corrected chi connectivity index (χ3v) is 3.20. The molecule has 1 aromatic heterocycles. The van der Waals surface area contributed by atoms with E-state index in [2.05, 4.69) is 10.6 Å². The molecule has 0 fully saturated rings. The van der Waals surface area contributed by atoms with E-state index in [4.69, 9.17) is 16.0 Å². The van der Waals surface area contributed by atoms with Crippen LogP contribution in [-0.2, 0) is 4.79 Å². The summed E-state index contributed by atoms with van der Waals surface area (Å²) >= 11 is 5.94. The van der Waals surface area contributed by atoms with Gasteiger partial charge in [0.2, 0.25) is 5.91 Å². The Morgan fingerprint density at radius 3 is 2.71 bits per heavy atom. The minimum Gasteiger partial charge on any atom is -0.451 e. The molecule has 0 aliphatic heterocycles. The number of furan rings is 1. The number of carbonyl (C=O) groups is 2. The largest absolute Gasteiger partial charge is 0.451 e. The second kappa shape index (κ2) is 6.18. The maximum Gasteiger partial charge on any atom is 0.287 e. The lowest BCUT2D eigenvalue weighted by Gasteiger charge is -2.08. The molecule has 0 bridgehead atoms. The van der Waals surface area contributed by atoms with Crippen LogP contribution in [-0.4, -0.2) is 24.4 Å². The number of fused-ring (bicyclic) bond motifs is 1. The van der Waals surface area contributed by atoms with E-state index in [0.717, 1.165) is 5.39 Å². The zero-order valence-electron chi connectivity index (χ0n) is 12.1. The van der Waals surface area contributed by atoms with Crippen LogP contribution >= 0.6 is 11.6 Å². The van der Waals surface area contributed by atoms with Crippen molar-refractivity contribution in [2.75, 3.05) is 6.54 Å². The molecule has 0 aliphatic rings. The molecule has 0 saturated heterocycles. The number of carbonyl (C=O) groups excluding carboxylic acids is 2. The first-order valence-electron chi connectivity index (χ1n) is 6.64. The first-order valence-corrected chi connectivity index (χ1v) is 7.02. The Hall–Kier alpha value is -2.01. The molecule has 1 aromatic carbocycles. The lowest BCUT2D eigenvalue weighted by atomic mass is 10.1. The van der Waals surface area contributed by atoms with Crippen LogP contribution in [0.4, 0.5) is 0 Å². The van der Waals surface area contributed by atoms with E-state index in [0.29, 0.717) is 16.2 Å². The molecule has 6 heteroatoms. The molecule has 2 N–H and O–H groups in total. The molecular formula is C15H17ClN2O3. The summed E-state index contributed by atoms with van der Waals surface area (Å²) in [4.78, 5) is 23.6. The average Bonchev–Trinajstić information content (AvgIpc) is 2.73. The van der Waals surface area contributed by atoms with Crippen molar-refractivity contribution in [2.45, 2.75) is 26.8 Å². The summed E-state index contributed by atoms with van der Waals surface area (Å²) in [5, 5.41) is 6.61. The first kappa shape index (κ1) is 15.4. The SMILES string of the molecule is Cc1c(C(=O)NCC(=O)NC(C)C)oc2ccc(Cl)cc12. The van der Waals surface area contributed by atoms with Gasteiger partial charge in [-0.2, -0.15) is 0 Å². The zero-order chi connectivity index (χ0) is 15.6. The number of benzene rings is 1. The van der Waals surface area contributed by atoms with Crippen molar-refractivity contribution in [1.82, 2.24) is 10.6 Å². The van der Waals surface area contributed by atoms with Crippen molar-refractivity contribution in [2.24, 2.45) is 0 Å². The van der Waals surface area contributed by atoms with Gasteiger partial charge in [-0.15, -0.1) is 0 Å². The highest BCUT2D eigenvalue weighted by molar-refractivity contribution is 6.31. The van der Waals surface area contributed by atoms with Crippen LogP contribution in [0.1, 0.15) is 30.0 Å². The van der Waals surface area contributed by atoms with E-state index in [1.165, 1.54) is 0 Å². The number of amides is 2. The Balaban J connectivity index is 2.13. The van der Waals surface area contributed by atoms with E-state index in [-0.39, 0.29) is 24.3 Å². The second-order valence-corrected chi connectivity index (χ2v) is 5.54. The molecule has 5 nitrogen and oxygen atoms in total. The molecule has 0 saturated carbocycles. The lowest BCUT2D eigenvalue weighted by Crippen LogP contribution is -2.39. The average molecular weight is 309 g/mol. The molecule has 1 heterocycles. The third kappa shape index (κ3) is 3.55. The summed E-state index contributed by atoms with van der Waals surface area (Å²) in [6.45, 7) is 5.40. The molecule has 0 spiro atoms. The molecule has 0 unspecified atom stereocenters. The smallest absolute Gasteiger partial charge is 0.287 e. The van der Waals surface area contributed by atoms with Gasteiger partial charge in [0.05, 0.1) is 6.54 Å². The molecule has 0 atom stereocenters. The summed E-state index contributed by atoms with van der Waals surface area (Å²) in [7, 11) is 0. The molecule has 2 rings (SSSR count). The quantitative estimate of drug-likeness (QED) is 0.912. The summed E-state index contributed by atoms with van der Waals surface area (Å²) in [5.41, 5.74) is 1.29. The number of halogens is 1. The molecule has 2 amide bonds. The van der Waals surface area contributed by atoms with Crippen LogP contribution in [0.3, 0.4) is 0 Å². The molecule has 21 heavy (non-hydrogen) atoms. The Morgan fingerprint density at radius 1 is 1.33 bits per heavy atom. The number of hydrogen-bond donors (Lipinski definition) is 2. The maximum atomic E-state index is 12.1. The molecule has 0 radical (unpaired) electrons. The Bertz CT molecular complexity index is 692. The van der Waals surface area contributed by atoms with Crippen molar-refractivity contribution < 1.29 is 14.0 Å². The van der Waals surface area contributed by atoms with Gasteiger partial charge in [-0.05, 0) is 39.0 Å². The van der Waals surface area contributed by atoms with Crippen LogP contribution < -0.4 is 10.6 Å². The highest BCUT2D eigenvalue weighted by Gasteiger charge is 2.18. The van der Waals surface area contributed by atoms with E-state index in [1.54, 1.807) is 25.1 Å². The molecular weight excluding hydrogens is 292 g/mol. The van der Waals surface area contributed by atoms with Gasteiger partial charge in [-0.3, -0.25) is 9.59 Å². The topological polar surface area (TPSA) is 71.3 Å². The van der Waals surface area contributed by atoms with E-state index < -0.39 is 5.91 Å². The standard InChI is InChI=1S/C15H17ClN2O3/c1-8(2)18-13(19)7-17-15(20)14-9(3)11-6-10(16)4-5-12(11)21-14/h4-6,8H,7H2,1-3H3,(H,17,20)(H,18,19). The Labute approximate surface area is 127 Å². The van der Waals surface area contributed by atoms with Crippen molar-refractivity contribution in [3.63, 3.8) is 0 Å². The van der Waals surface area contributed by atoms with Crippen molar-refractivity contribution >= 4 is 34.4 Å². The van der Waals surface area contributed by atoms with Crippen LogP contribution in [0.25, 0.3) is 11.0 Å². The van der Waals surface area contributed by atoms with Crippen molar-refractivity contribution in [3.05, 3.63) is 34.5 Å². The van der Waals surface area contributed by atoms with E-state index in [1.807, 2.05) is 13.8 Å². The minimum absolute atomic E-state index is 0.0319. The van der Waals surface area contributed by atoms with E-state index >= 15 is 0 Å². The molecule has 2 aromatic rings. The minimum atomic E-state index is -0.418. The Morgan fingerprint density at radius 2 is 2.05 bits per heavy atom. The predicted octanol–water partition coefficient (Wildman–Crippen LogP) is 2.65. The van der Waals surface area contributed by atoms with E-state index in [9.17, 15) is 9.59 Å². The van der Waals surface area contributed by atoms with Gasteiger partial charge >= 0.3 is 0 Å². The summed E-state index contributed by atoms with van der Waals surface area (Å²) in [5.74, 6) is -0.460. The van der Waals surface area contributed by atoms with Gasteiger partial charge in [0.1, 0.15) is 5.58 Å². The highest BCUT2D eigenvalue weighted by atomic mass is 35.5. The number of hydrogen-bond acceptors (Lipinski definition) is 3. The van der Waals surface area contributed by atoms with Crippen LogP contribution in [0.5, 0.6) is 0 Å². The van der Waals surface area contributed by atoms with Gasteiger partial charge in [-0.25, -0.2) is 0 Å². The lowest BCUT2D eigenvalue weighted by molar-refractivity contribution is -0.120. The van der Waals surface area contributed by atoms with Gasteiger partial charge in [0.15, 0.2) is 5.76 Å². The van der Waals surface area contributed by atoms with Gasteiger partial charge in [0.25, 0.3) is 5.91 Å². The number of nitrogens with one attached hydrogen (secondary N) is 2. The predicted molar refractivity (Wildman–Crippen MR) is 81.6 cm³/mol. The maximum absolute atomic E-state index is 12.1. The van der Waals surface area contributed by atoms with Gasteiger partial charge < -0.3 is 15.1 Å². The van der Waals surface area contributed by atoms with Crippen molar-refractivity contribution in [1.29, 1.82) is 0 Å². The first-order chi connectivity index (χ1) is 9.88. The molecule has 0 aliphatic carbocycles. The monoisotopic (exact) mass is 308 g/mol. The summed E-state index contributed by atoms with van der Waals surface area (Å²) < 4.78 is 5.53. The van der Waals surface area contributed by atoms with Crippen molar-refractivity contribution in [3.8, 4) is 0 Å². The number of aryl methyl sites for hydroxylation is 1. The normalized spacial score (nSPS) is 10.9. The molecule has 112 valence electrons. The number of rotatable bonds is 4. The summed E-state index contributed by atoms with van der Waals surface area (Å²) in [6.07, 6.45) is 0. The second-order valence-electron chi connectivity index (χ2n) is 5.10. The Kier molecular flexibility index (Phi) is 4.53. The van der Waals surface area contributed by atoms with Crippen LogP contribution in [0.2, 0.25) is 5.02 Å². The third-order valence-electron chi connectivity index (χ3n) is 2.96. The van der Waals surface area contributed by atoms with Crippen LogP contribution in [0.15, 0.2) is 22.6 Å². The summed E-state index contributed by atoms with van der Waals surface area (Å²) in [6, 6.07) is 5.19. The van der Waals surface area contributed by atoms with Crippen LogP contribution in [0, 0.1) is 6.92 Å². The van der Waals surface area contributed by atoms with Gasteiger partial charge in [-0.1, -0.05) is 11.6 Å². The fraction of sp³-hybridized carbons (Fsp3) is 0.333. The fourth-order valence-corrected chi connectivity index (χ4v) is 2.20. The fourth-order valence-electron chi connectivity index (χ4n) is 2.02. The zero-order valence-corrected chi connectivity index (χ0v) is 12.9.